The number of rotatable bonds is 7. The fourth-order valence-electron chi connectivity index (χ4n) is 3.11. The van der Waals surface area contributed by atoms with Crippen molar-refractivity contribution in [3.8, 4) is 5.75 Å². The number of esters is 1. The summed E-state index contributed by atoms with van der Waals surface area (Å²) in [6.07, 6.45) is 0. The maximum Gasteiger partial charge on any atom is 0.344 e. The molecule has 0 saturated heterocycles. The second-order valence-electron chi connectivity index (χ2n) is 7.01. The summed E-state index contributed by atoms with van der Waals surface area (Å²) >= 11 is 0. The van der Waals surface area contributed by atoms with E-state index in [-0.39, 0.29) is 37.5 Å². The van der Waals surface area contributed by atoms with Crippen LogP contribution >= 0.6 is 0 Å². The Morgan fingerprint density at radius 2 is 1.68 bits per heavy atom. The maximum atomic E-state index is 12.3. The van der Waals surface area contributed by atoms with Crippen LogP contribution in [0.1, 0.15) is 51.6 Å². The molecular formula is C22H23NO5. The van der Waals surface area contributed by atoms with E-state index in [1.165, 1.54) is 0 Å². The average molecular weight is 381 g/mol. The van der Waals surface area contributed by atoms with Crippen molar-refractivity contribution in [1.29, 1.82) is 0 Å². The van der Waals surface area contributed by atoms with Crippen LogP contribution in [-0.4, -0.2) is 42.4 Å². The van der Waals surface area contributed by atoms with Gasteiger partial charge >= 0.3 is 5.97 Å². The Bertz CT molecular complexity index is 884. The van der Waals surface area contributed by atoms with Gasteiger partial charge in [0, 0.05) is 0 Å². The molecule has 0 unspecified atom stereocenters. The number of hydrogen-bond donors (Lipinski definition) is 0. The number of carbonyl (C=O) groups excluding carboxylic acids is 3. The van der Waals surface area contributed by atoms with Gasteiger partial charge in [0.05, 0.1) is 17.7 Å². The smallest absolute Gasteiger partial charge is 0.344 e. The summed E-state index contributed by atoms with van der Waals surface area (Å²) in [6, 6.07) is 12.5. The number of nitrogens with zero attached hydrogens (tertiary/aromatic N) is 1. The fourth-order valence-corrected chi connectivity index (χ4v) is 3.11. The van der Waals surface area contributed by atoms with Crippen LogP contribution in [0.4, 0.5) is 0 Å². The number of benzene rings is 2. The summed E-state index contributed by atoms with van der Waals surface area (Å²) in [7, 11) is 0. The topological polar surface area (TPSA) is 72.9 Å². The molecule has 0 N–H and O–H groups in total. The molecular weight excluding hydrogens is 358 g/mol. The maximum absolute atomic E-state index is 12.3. The number of imide groups is 1. The quantitative estimate of drug-likeness (QED) is 0.543. The molecule has 0 aromatic heterocycles. The molecule has 6 nitrogen and oxygen atoms in total. The molecule has 6 heteroatoms. The van der Waals surface area contributed by atoms with Crippen LogP contribution in [0.5, 0.6) is 5.75 Å². The third-order valence-electron chi connectivity index (χ3n) is 4.59. The van der Waals surface area contributed by atoms with Crippen molar-refractivity contribution in [1.82, 2.24) is 4.90 Å². The van der Waals surface area contributed by atoms with Gasteiger partial charge in [-0.15, -0.1) is 0 Å². The molecule has 146 valence electrons. The summed E-state index contributed by atoms with van der Waals surface area (Å²) < 4.78 is 10.8. The van der Waals surface area contributed by atoms with Gasteiger partial charge in [0.1, 0.15) is 12.4 Å². The lowest BCUT2D eigenvalue weighted by molar-refractivity contribution is -0.146. The van der Waals surface area contributed by atoms with E-state index in [1.54, 1.807) is 24.3 Å². The molecule has 0 spiro atoms. The van der Waals surface area contributed by atoms with E-state index in [9.17, 15) is 14.4 Å². The van der Waals surface area contributed by atoms with Crippen molar-refractivity contribution >= 4 is 17.8 Å². The summed E-state index contributed by atoms with van der Waals surface area (Å²) in [4.78, 5) is 37.6. The van der Waals surface area contributed by atoms with Gasteiger partial charge in [-0.2, -0.15) is 0 Å². The number of aryl methyl sites for hydroxylation is 1. The Labute approximate surface area is 164 Å². The molecule has 0 aliphatic carbocycles. The monoisotopic (exact) mass is 381 g/mol. The highest BCUT2D eigenvalue weighted by Crippen LogP contribution is 2.27. The highest BCUT2D eigenvalue weighted by atomic mass is 16.6. The van der Waals surface area contributed by atoms with Crippen molar-refractivity contribution in [3.05, 3.63) is 64.7 Å². The minimum atomic E-state index is -0.548. The van der Waals surface area contributed by atoms with Gasteiger partial charge < -0.3 is 9.47 Å². The summed E-state index contributed by atoms with van der Waals surface area (Å²) in [6.45, 7) is 5.77. The Kier molecular flexibility index (Phi) is 5.78. The fraction of sp³-hybridized carbons (Fsp3) is 0.318. The molecule has 0 atom stereocenters. The molecule has 0 bridgehead atoms. The van der Waals surface area contributed by atoms with Gasteiger partial charge in [-0.25, -0.2) is 4.79 Å². The van der Waals surface area contributed by atoms with Gasteiger partial charge in [0.15, 0.2) is 6.61 Å². The molecule has 28 heavy (non-hydrogen) atoms. The van der Waals surface area contributed by atoms with Crippen LogP contribution in [0, 0.1) is 6.92 Å². The molecule has 0 saturated carbocycles. The molecule has 2 aromatic rings. The third kappa shape index (κ3) is 4.06. The number of fused-ring (bicyclic) bond motifs is 1. The Morgan fingerprint density at radius 1 is 1.04 bits per heavy atom. The van der Waals surface area contributed by atoms with E-state index >= 15 is 0 Å². The molecule has 2 amide bonds. The molecule has 1 heterocycles. The van der Waals surface area contributed by atoms with Crippen LogP contribution in [0.25, 0.3) is 0 Å². The minimum absolute atomic E-state index is 0.0137. The van der Waals surface area contributed by atoms with Crippen molar-refractivity contribution in [3.63, 3.8) is 0 Å². The minimum Gasteiger partial charge on any atom is -0.482 e. The lowest BCUT2D eigenvalue weighted by Crippen LogP contribution is -2.34. The van der Waals surface area contributed by atoms with Crippen LogP contribution in [0.3, 0.4) is 0 Å². The highest BCUT2D eigenvalue weighted by Gasteiger charge is 2.34. The van der Waals surface area contributed by atoms with Crippen LogP contribution in [0.15, 0.2) is 42.5 Å². The number of amides is 2. The number of ether oxygens (including phenoxy) is 2. The first kappa shape index (κ1) is 19.6. The largest absolute Gasteiger partial charge is 0.482 e. The molecule has 0 fully saturated rings. The van der Waals surface area contributed by atoms with E-state index in [2.05, 4.69) is 13.8 Å². The highest BCUT2D eigenvalue weighted by molar-refractivity contribution is 6.21. The SMILES string of the molecule is Cc1ccc(C(C)C)c(OCC(=O)OCCN2C(=O)c3ccccc3C2=O)c1. The Morgan fingerprint density at radius 3 is 2.29 bits per heavy atom. The zero-order valence-electron chi connectivity index (χ0n) is 16.2. The van der Waals surface area contributed by atoms with Crippen molar-refractivity contribution in [2.24, 2.45) is 0 Å². The normalized spacial score (nSPS) is 13.1. The second kappa shape index (κ2) is 8.25. The zero-order valence-corrected chi connectivity index (χ0v) is 16.2. The number of carbonyl (C=O) groups is 3. The summed E-state index contributed by atoms with van der Waals surface area (Å²) in [5, 5.41) is 0. The zero-order chi connectivity index (χ0) is 20.3. The van der Waals surface area contributed by atoms with Crippen molar-refractivity contribution in [2.45, 2.75) is 26.7 Å². The van der Waals surface area contributed by atoms with Crippen LogP contribution in [0.2, 0.25) is 0 Å². The Balaban J connectivity index is 1.51. The first-order chi connectivity index (χ1) is 13.4. The van der Waals surface area contributed by atoms with E-state index in [4.69, 9.17) is 9.47 Å². The average Bonchev–Trinajstić information content (AvgIpc) is 2.91. The second-order valence-corrected chi connectivity index (χ2v) is 7.01. The van der Waals surface area contributed by atoms with E-state index in [1.807, 2.05) is 25.1 Å². The summed E-state index contributed by atoms with van der Waals surface area (Å²) in [5.41, 5.74) is 2.81. The lowest BCUT2D eigenvalue weighted by atomic mass is 10.0. The third-order valence-corrected chi connectivity index (χ3v) is 4.59. The van der Waals surface area contributed by atoms with Crippen LogP contribution < -0.4 is 4.74 Å². The van der Waals surface area contributed by atoms with E-state index in [0.29, 0.717) is 16.9 Å². The standard InChI is InChI=1S/C22H23NO5/c1-14(2)16-9-8-15(3)12-19(16)28-13-20(24)27-11-10-23-21(25)17-6-4-5-7-18(17)22(23)26/h4-9,12,14H,10-11,13H2,1-3H3. The van der Waals surface area contributed by atoms with Gasteiger partial charge in [0.2, 0.25) is 0 Å². The number of hydrogen-bond acceptors (Lipinski definition) is 5. The van der Waals surface area contributed by atoms with E-state index < -0.39 is 5.97 Å². The van der Waals surface area contributed by atoms with Crippen LogP contribution in [-0.2, 0) is 9.53 Å². The van der Waals surface area contributed by atoms with Gasteiger partial charge in [-0.3, -0.25) is 14.5 Å². The molecule has 1 aliphatic rings. The first-order valence-electron chi connectivity index (χ1n) is 9.22. The molecule has 1 aliphatic heterocycles. The summed E-state index contributed by atoms with van der Waals surface area (Å²) in [5.74, 6) is -0.357. The lowest BCUT2D eigenvalue weighted by Gasteiger charge is -2.16. The first-order valence-corrected chi connectivity index (χ1v) is 9.22. The van der Waals surface area contributed by atoms with Gasteiger partial charge in [-0.05, 0) is 42.2 Å². The van der Waals surface area contributed by atoms with Gasteiger partial charge in [-0.1, -0.05) is 38.1 Å². The molecule has 0 radical (unpaired) electrons. The van der Waals surface area contributed by atoms with Crippen molar-refractivity contribution in [2.75, 3.05) is 19.8 Å². The van der Waals surface area contributed by atoms with E-state index in [0.717, 1.165) is 16.0 Å². The van der Waals surface area contributed by atoms with Gasteiger partial charge in [0.25, 0.3) is 11.8 Å². The van der Waals surface area contributed by atoms with Crippen molar-refractivity contribution < 1.29 is 23.9 Å². The predicted octanol–water partition coefficient (Wildman–Crippen LogP) is 3.34. The predicted molar refractivity (Wildman–Crippen MR) is 104 cm³/mol. The molecule has 3 rings (SSSR count). The Hall–Kier alpha value is -3.15. The molecule has 2 aromatic carbocycles.